The van der Waals surface area contributed by atoms with E-state index in [2.05, 4.69) is 26.0 Å². The second kappa shape index (κ2) is 8.60. The monoisotopic (exact) mass is 370 g/mol. The number of hydrogen-bond acceptors (Lipinski definition) is 3. The van der Waals surface area contributed by atoms with Gasteiger partial charge in [0.2, 0.25) is 0 Å². The van der Waals surface area contributed by atoms with Gasteiger partial charge in [-0.25, -0.2) is 4.79 Å². The maximum atomic E-state index is 12.6. The van der Waals surface area contributed by atoms with Crippen molar-refractivity contribution >= 4 is 5.97 Å². The molecule has 2 fully saturated rings. The molecule has 0 aliphatic heterocycles. The van der Waals surface area contributed by atoms with Gasteiger partial charge in [-0.1, -0.05) is 44.2 Å². The molecular weight excluding hydrogens is 336 g/mol. The molecule has 0 heterocycles. The molecule has 3 nitrogen and oxygen atoms in total. The van der Waals surface area contributed by atoms with Crippen LogP contribution >= 0.6 is 0 Å². The Bertz CT molecular complexity index is 651. The van der Waals surface area contributed by atoms with Crippen molar-refractivity contribution in [3.8, 4) is 0 Å². The number of aliphatic hydroxyl groups is 1. The van der Waals surface area contributed by atoms with E-state index < -0.39 is 0 Å². The Morgan fingerprint density at radius 2 is 2.00 bits per heavy atom. The summed E-state index contributed by atoms with van der Waals surface area (Å²) in [5.41, 5.74) is 0.878. The minimum Gasteiger partial charge on any atom is -0.458 e. The zero-order valence-corrected chi connectivity index (χ0v) is 16.9. The Morgan fingerprint density at radius 1 is 1.26 bits per heavy atom. The van der Waals surface area contributed by atoms with E-state index in [1.54, 1.807) is 0 Å². The first-order valence-corrected chi connectivity index (χ1v) is 10.5. The summed E-state index contributed by atoms with van der Waals surface area (Å²) in [6.07, 6.45) is 10.5. The molecule has 3 rings (SSSR count). The van der Waals surface area contributed by atoms with Gasteiger partial charge in [-0.15, -0.1) is 0 Å². The maximum Gasteiger partial charge on any atom is 0.338 e. The summed E-state index contributed by atoms with van der Waals surface area (Å²) in [7, 11) is 0. The van der Waals surface area contributed by atoms with Crippen molar-refractivity contribution in [3.63, 3.8) is 0 Å². The third kappa shape index (κ3) is 4.45. The van der Waals surface area contributed by atoms with E-state index in [0.717, 1.165) is 19.3 Å². The number of esters is 1. The number of allylic oxidation sites excluding steroid dienone is 1. The Hall–Kier alpha value is -1.61. The highest BCUT2D eigenvalue weighted by Crippen LogP contribution is 2.58. The largest absolute Gasteiger partial charge is 0.458 e. The molecule has 1 aromatic carbocycles. The number of carbonyl (C=O) groups is 1. The lowest BCUT2D eigenvalue weighted by Crippen LogP contribution is -2.43. The first-order valence-electron chi connectivity index (χ1n) is 10.5. The first-order chi connectivity index (χ1) is 12.9. The van der Waals surface area contributed by atoms with Crippen LogP contribution in [0.4, 0.5) is 0 Å². The molecule has 1 N–H and O–H groups in total. The third-order valence-electron chi connectivity index (χ3n) is 6.96. The molecule has 0 spiro atoms. The summed E-state index contributed by atoms with van der Waals surface area (Å²) >= 11 is 0. The average Bonchev–Trinajstić information content (AvgIpc) is 3.00. The molecule has 0 radical (unpaired) electrons. The van der Waals surface area contributed by atoms with Crippen molar-refractivity contribution in [2.75, 3.05) is 0 Å². The van der Waals surface area contributed by atoms with Crippen molar-refractivity contribution in [1.82, 2.24) is 0 Å². The SMILES string of the molecule is C[C@@H](O)CC=C[C@H](C)[C@H]1CC[C@H]2C(OC(=O)c3ccccc3)CCC[C@]12C. The summed E-state index contributed by atoms with van der Waals surface area (Å²) in [6.45, 7) is 6.54. The van der Waals surface area contributed by atoms with Gasteiger partial charge in [0.25, 0.3) is 0 Å². The maximum absolute atomic E-state index is 12.6. The predicted octanol–water partition coefficient (Wildman–Crippen LogP) is 5.39. The smallest absolute Gasteiger partial charge is 0.338 e. The molecule has 0 aromatic heterocycles. The molecule has 27 heavy (non-hydrogen) atoms. The van der Waals surface area contributed by atoms with Gasteiger partial charge < -0.3 is 9.84 Å². The highest BCUT2D eigenvalue weighted by molar-refractivity contribution is 5.89. The molecule has 6 atom stereocenters. The highest BCUT2D eigenvalue weighted by atomic mass is 16.5. The first kappa shape index (κ1) is 20.1. The van der Waals surface area contributed by atoms with Gasteiger partial charge in [0.15, 0.2) is 0 Å². The fraction of sp³-hybridized carbons (Fsp3) is 0.625. The second-order valence-electron chi connectivity index (χ2n) is 8.87. The lowest BCUT2D eigenvalue weighted by molar-refractivity contribution is -0.0444. The van der Waals surface area contributed by atoms with Gasteiger partial charge in [0.05, 0.1) is 11.7 Å². The van der Waals surface area contributed by atoms with E-state index in [9.17, 15) is 9.90 Å². The Balaban J connectivity index is 1.68. The van der Waals surface area contributed by atoms with Crippen molar-refractivity contribution in [1.29, 1.82) is 0 Å². The predicted molar refractivity (Wildman–Crippen MR) is 108 cm³/mol. The minimum atomic E-state index is -0.281. The molecule has 3 heteroatoms. The van der Waals surface area contributed by atoms with Crippen LogP contribution in [0.2, 0.25) is 0 Å². The van der Waals surface area contributed by atoms with E-state index in [1.165, 1.54) is 12.8 Å². The number of fused-ring (bicyclic) bond motifs is 1. The lowest BCUT2D eigenvalue weighted by Gasteiger charge is -2.45. The summed E-state index contributed by atoms with van der Waals surface area (Å²) < 4.78 is 6.01. The second-order valence-corrected chi connectivity index (χ2v) is 8.87. The van der Waals surface area contributed by atoms with Gasteiger partial charge >= 0.3 is 5.97 Å². The number of ether oxygens (including phenoxy) is 1. The quantitative estimate of drug-likeness (QED) is 0.539. The number of carbonyl (C=O) groups excluding carboxylic acids is 1. The molecule has 2 saturated carbocycles. The molecule has 148 valence electrons. The van der Waals surface area contributed by atoms with Crippen LogP contribution in [-0.4, -0.2) is 23.3 Å². The molecule has 2 aliphatic carbocycles. The van der Waals surface area contributed by atoms with Crippen molar-refractivity contribution in [2.45, 2.75) is 71.5 Å². The average molecular weight is 371 g/mol. The Morgan fingerprint density at radius 3 is 2.70 bits per heavy atom. The third-order valence-corrected chi connectivity index (χ3v) is 6.96. The molecule has 0 amide bonds. The minimum absolute atomic E-state index is 0.0371. The van der Waals surface area contributed by atoms with E-state index in [4.69, 9.17) is 4.74 Å². The number of benzene rings is 1. The van der Waals surface area contributed by atoms with E-state index in [0.29, 0.717) is 29.7 Å². The molecule has 1 aromatic rings. The summed E-state index contributed by atoms with van der Waals surface area (Å²) in [5, 5.41) is 9.48. The molecule has 2 aliphatic rings. The number of aliphatic hydroxyl groups excluding tert-OH is 1. The van der Waals surface area contributed by atoms with E-state index in [-0.39, 0.29) is 23.6 Å². The van der Waals surface area contributed by atoms with E-state index in [1.807, 2.05) is 37.3 Å². The van der Waals surface area contributed by atoms with Crippen LogP contribution < -0.4 is 0 Å². The Labute approximate surface area is 163 Å². The topological polar surface area (TPSA) is 46.5 Å². The number of hydrogen-bond donors (Lipinski definition) is 1. The summed E-state index contributed by atoms with van der Waals surface area (Å²) in [5.74, 6) is 1.38. The van der Waals surface area contributed by atoms with Crippen molar-refractivity contribution in [3.05, 3.63) is 48.0 Å². The number of rotatable bonds is 6. The van der Waals surface area contributed by atoms with Gasteiger partial charge in [-0.2, -0.15) is 0 Å². The molecule has 1 unspecified atom stereocenters. The normalized spacial score (nSPS) is 32.8. The van der Waals surface area contributed by atoms with Crippen molar-refractivity contribution in [2.24, 2.45) is 23.2 Å². The molecule has 0 saturated heterocycles. The van der Waals surface area contributed by atoms with Crippen LogP contribution in [0.25, 0.3) is 0 Å². The van der Waals surface area contributed by atoms with Crippen LogP contribution in [-0.2, 0) is 4.74 Å². The van der Waals surface area contributed by atoms with Crippen LogP contribution in [0, 0.1) is 23.2 Å². The van der Waals surface area contributed by atoms with Crippen LogP contribution in [0.3, 0.4) is 0 Å². The standard InChI is InChI=1S/C24H34O3/c1-17(9-7-10-18(2)25)20-14-15-21-22(13-8-16-24(20,21)3)27-23(26)19-11-5-4-6-12-19/h4-7,9,11-12,17-18,20-22,25H,8,10,13-16H2,1-3H3/t17-,18+,20+,21-,22?,24+/m0/s1. The zero-order valence-electron chi connectivity index (χ0n) is 16.9. The fourth-order valence-electron chi connectivity index (χ4n) is 5.57. The fourth-order valence-corrected chi connectivity index (χ4v) is 5.57. The van der Waals surface area contributed by atoms with E-state index >= 15 is 0 Å². The van der Waals surface area contributed by atoms with Gasteiger partial charge in [-0.05, 0) is 74.8 Å². The summed E-state index contributed by atoms with van der Waals surface area (Å²) in [4.78, 5) is 12.6. The van der Waals surface area contributed by atoms with Crippen LogP contribution in [0.5, 0.6) is 0 Å². The van der Waals surface area contributed by atoms with Crippen LogP contribution in [0.15, 0.2) is 42.5 Å². The molecule has 0 bridgehead atoms. The zero-order chi connectivity index (χ0) is 19.4. The van der Waals surface area contributed by atoms with Crippen molar-refractivity contribution < 1.29 is 14.6 Å². The Kier molecular flexibility index (Phi) is 6.41. The lowest BCUT2D eigenvalue weighted by atomic mass is 9.62. The van der Waals surface area contributed by atoms with Gasteiger partial charge in [0.1, 0.15) is 6.10 Å². The summed E-state index contributed by atoms with van der Waals surface area (Å²) in [6, 6.07) is 9.35. The van der Waals surface area contributed by atoms with Crippen LogP contribution in [0.1, 0.15) is 69.7 Å². The highest BCUT2D eigenvalue weighted by Gasteiger charge is 2.53. The molecular formula is C24H34O3. The van der Waals surface area contributed by atoms with Gasteiger partial charge in [0, 0.05) is 5.92 Å². The van der Waals surface area contributed by atoms with Gasteiger partial charge in [-0.3, -0.25) is 0 Å².